The molecule has 0 amide bonds. The predicted molar refractivity (Wildman–Crippen MR) is 82.6 cm³/mol. The second-order valence-electron chi connectivity index (χ2n) is 4.52. The predicted octanol–water partition coefficient (Wildman–Crippen LogP) is 1.95. The Balaban J connectivity index is 1.74. The lowest BCUT2D eigenvalue weighted by atomic mass is 10.1. The maximum absolute atomic E-state index is 8.66. The normalized spacial score (nSPS) is 11.3. The minimum atomic E-state index is 0.115. The van der Waals surface area contributed by atoms with Crippen molar-refractivity contribution in [2.24, 2.45) is 10.9 Å². The van der Waals surface area contributed by atoms with Gasteiger partial charge in [-0.1, -0.05) is 41.6 Å². The van der Waals surface area contributed by atoms with Crippen LogP contribution in [0.15, 0.2) is 59.8 Å². The van der Waals surface area contributed by atoms with Crippen LogP contribution in [0.25, 0.3) is 0 Å². The van der Waals surface area contributed by atoms with E-state index in [-0.39, 0.29) is 5.84 Å². The third kappa shape index (κ3) is 4.81. The van der Waals surface area contributed by atoms with Gasteiger partial charge in [-0.15, -0.1) is 0 Å². The molecule has 21 heavy (non-hydrogen) atoms. The number of nitrogens with zero attached hydrogens (tertiary/aromatic N) is 1. The van der Waals surface area contributed by atoms with Crippen LogP contribution in [0.3, 0.4) is 0 Å². The molecule has 0 atom stereocenters. The van der Waals surface area contributed by atoms with E-state index >= 15 is 0 Å². The molecule has 2 rings (SSSR count). The van der Waals surface area contributed by atoms with E-state index in [0.29, 0.717) is 18.7 Å². The van der Waals surface area contributed by atoms with Gasteiger partial charge in [-0.3, -0.25) is 0 Å². The first kappa shape index (κ1) is 14.9. The van der Waals surface area contributed by atoms with Gasteiger partial charge in [-0.25, -0.2) is 0 Å². The average Bonchev–Trinajstić information content (AvgIpc) is 2.55. The molecule has 0 aliphatic heterocycles. The van der Waals surface area contributed by atoms with Crippen molar-refractivity contribution >= 4 is 5.84 Å². The van der Waals surface area contributed by atoms with Gasteiger partial charge in [0.05, 0.1) is 0 Å². The molecule has 2 aromatic rings. The first-order valence-electron chi connectivity index (χ1n) is 6.75. The second kappa shape index (κ2) is 7.91. The molecule has 5 heteroatoms. The van der Waals surface area contributed by atoms with Crippen LogP contribution >= 0.6 is 0 Å². The number of hydrogen-bond acceptors (Lipinski definition) is 4. The molecular weight excluding hydrogens is 266 g/mol. The Kier molecular flexibility index (Phi) is 5.60. The van der Waals surface area contributed by atoms with Crippen molar-refractivity contribution in [3.8, 4) is 5.75 Å². The Morgan fingerprint density at radius 3 is 2.71 bits per heavy atom. The fourth-order valence-electron chi connectivity index (χ4n) is 1.89. The Morgan fingerprint density at radius 2 is 1.95 bits per heavy atom. The highest BCUT2D eigenvalue weighted by Gasteiger charge is 2.00. The molecule has 2 aromatic carbocycles. The van der Waals surface area contributed by atoms with Crippen LogP contribution in [0.2, 0.25) is 0 Å². The lowest BCUT2D eigenvalue weighted by Gasteiger charge is -2.08. The lowest BCUT2D eigenvalue weighted by Crippen LogP contribution is -2.21. The number of nitrogens with one attached hydrogen (secondary N) is 1. The summed E-state index contributed by atoms with van der Waals surface area (Å²) in [7, 11) is 0. The third-order valence-electron chi connectivity index (χ3n) is 2.95. The largest absolute Gasteiger partial charge is 0.492 e. The van der Waals surface area contributed by atoms with Crippen molar-refractivity contribution in [3.63, 3.8) is 0 Å². The quantitative estimate of drug-likeness (QED) is 0.239. The first-order chi connectivity index (χ1) is 10.3. The van der Waals surface area contributed by atoms with Gasteiger partial charge < -0.3 is 21.0 Å². The second-order valence-corrected chi connectivity index (χ2v) is 4.52. The highest BCUT2D eigenvalue weighted by atomic mass is 16.5. The summed E-state index contributed by atoms with van der Waals surface area (Å²) in [5.74, 6) is 0.984. The molecule has 110 valence electrons. The van der Waals surface area contributed by atoms with Gasteiger partial charge in [0.2, 0.25) is 0 Å². The summed E-state index contributed by atoms with van der Waals surface area (Å²) >= 11 is 0. The number of nitrogens with two attached hydrogens (primary N) is 1. The topological polar surface area (TPSA) is 79.9 Å². The number of amidine groups is 1. The smallest absolute Gasteiger partial charge is 0.170 e. The summed E-state index contributed by atoms with van der Waals surface area (Å²) in [6.45, 7) is 2.04. The molecule has 5 nitrogen and oxygen atoms in total. The summed E-state index contributed by atoms with van der Waals surface area (Å²) in [4.78, 5) is 0. The third-order valence-corrected chi connectivity index (χ3v) is 2.95. The fraction of sp³-hybridized carbons (Fsp3) is 0.188. The van der Waals surface area contributed by atoms with E-state index in [1.54, 1.807) is 6.07 Å². The molecule has 0 bridgehead atoms. The van der Waals surface area contributed by atoms with Crippen molar-refractivity contribution in [1.82, 2.24) is 5.32 Å². The van der Waals surface area contributed by atoms with Crippen molar-refractivity contribution in [3.05, 3.63) is 65.7 Å². The van der Waals surface area contributed by atoms with Crippen LogP contribution in [0, 0.1) is 0 Å². The van der Waals surface area contributed by atoms with Crippen LogP contribution in [0.1, 0.15) is 11.1 Å². The lowest BCUT2D eigenvalue weighted by molar-refractivity contribution is 0.313. The summed E-state index contributed by atoms with van der Waals surface area (Å²) < 4.78 is 5.59. The van der Waals surface area contributed by atoms with E-state index in [0.717, 1.165) is 17.9 Å². The first-order valence-corrected chi connectivity index (χ1v) is 6.75. The number of para-hydroxylation sites is 1. The molecule has 0 radical (unpaired) electrons. The SMILES string of the molecule is NC(=NO)c1cccc(CNCCOc2ccccc2)c1. The van der Waals surface area contributed by atoms with E-state index < -0.39 is 0 Å². The molecule has 0 saturated carbocycles. The van der Waals surface area contributed by atoms with Crippen molar-refractivity contribution in [2.75, 3.05) is 13.2 Å². The zero-order chi connectivity index (χ0) is 14.9. The number of benzene rings is 2. The molecule has 0 fully saturated rings. The Labute approximate surface area is 124 Å². The molecule has 4 N–H and O–H groups in total. The van der Waals surface area contributed by atoms with E-state index in [4.69, 9.17) is 15.7 Å². The van der Waals surface area contributed by atoms with Gasteiger partial charge in [0.1, 0.15) is 12.4 Å². The maximum atomic E-state index is 8.66. The van der Waals surface area contributed by atoms with Crippen LogP contribution in [0.5, 0.6) is 5.75 Å². The molecule has 0 unspecified atom stereocenters. The van der Waals surface area contributed by atoms with Gasteiger partial charge in [0, 0.05) is 18.7 Å². The minimum absolute atomic E-state index is 0.115. The van der Waals surface area contributed by atoms with Crippen molar-refractivity contribution < 1.29 is 9.94 Å². The van der Waals surface area contributed by atoms with Gasteiger partial charge in [-0.05, 0) is 23.8 Å². The van der Waals surface area contributed by atoms with E-state index in [1.807, 2.05) is 48.5 Å². The molecule has 0 aliphatic rings. The Bertz CT molecular complexity index is 585. The fourth-order valence-corrected chi connectivity index (χ4v) is 1.89. The van der Waals surface area contributed by atoms with Crippen LogP contribution in [0.4, 0.5) is 0 Å². The van der Waals surface area contributed by atoms with Crippen LogP contribution < -0.4 is 15.8 Å². The number of rotatable bonds is 7. The van der Waals surface area contributed by atoms with E-state index in [9.17, 15) is 0 Å². The van der Waals surface area contributed by atoms with Crippen LogP contribution in [-0.4, -0.2) is 24.2 Å². The van der Waals surface area contributed by atoms with Gasteiger partial charge in [0.15, 0.2) is 5.84 Å². The van der Waals surface area contributed by atoms with Crippen LogP contribution in [-0.2, 0) is 6.54 Å². The minimum Gasteiger partial charge on any atom is -0.492 e. The average molecular weight is 285 g/mol. The molecular formula is C16H19N3O2. The summed E-state index contributed by atoms with van der Waals surface area (Å²) in [5.41, 5.74) is 7.34. The van der Waals surface area contributed by atoms with E-state index in [1.165, 1.54) is 0 Å². The Hall–Kier alpha value is -2.53. The zero-order valence-electron chi connectivity index (χ0n) is 11.7. The number of hydrogen-bond donors (Lipinski definition) is 3. The van der Waals surface area contributed by atoms with Crippen molar-refractivity contribution in [1.29, 1.82) is 0 Å². The summed E-state index contributed by atoms with van der Waals surface area (Å²) in [6, 6.07) is 17.3. The molecule has 0 heterocycles. The molecule has 0 aromatic heterocycles. The summed E-state index contributed by atoms with van der Waals surface area (Å²) in [5, 5.41) is 14.9. The van der Waals surface area contributed by atoms with Crippen molar-refractivity contribution in [2.45, 2.75) is 6.54 Å². The monoisotopic (exact) mass is 285 g/mol. The molecule has 0 saturated heterocycles. The number of ether oxygens (including phenoxy) is 1. The Morgan fingerprint density at radius 1 is 1.14 bits per heavy atom. The summed E-state index contributed by atoms with van der Waals surface area (Å²) in [6.07, 6.45) is 0. The highest BCUT2D eigenvalue weighted by molar-refractivity contribution is 5.97. The van der Waals surface area contributed by atoms with Gasteiger partial charge in [0.25, 0.3) is 0 Å². The highest BCUT2D eigenvalue weighted by Crippen LogP contribution is 2.07. The van der Waals surface area contributed by atoms with Gasteiger partial charge in [-0.2, -0.15) is 0 Å². The number of oxime groups is 1. The molecule has 0 spiro atoms. The standard InChI is InChI=1S/C16H19N3O2/c17-16(19-20)14-6-4-5-13(11-14)12-18-9-10-21-15-7-2-1-3-8-15/h1-8,11,18,20H,9-10,12H2,(H2,17,19). The van der Waals surface area contributed by atoms with Gasteiger partial charge >= 0.3 is 0 Å². The maximum Gasteiger partial charge on any atom is 0.170 e. The van der Waals surface area contributed by atoms with E-state index in [2.05, 4.69) is 10.5 Å². The zero-order valence-corrected chi connectivity index (χ0v) is 11.7. The molecule has 0 aliphatic carbocycles.